The molecule has 0 aromatic heterocycles. The largest absolute Gasteiger partial charge is 0.543 e. The van der Waals surface area contributed by atoms with E-state index in [0.29, 0.717) is 0 Å². The van der Waals surface area contributed by atoms with E-state index < -0.39 is 8.32 Å². The van der Waals surface area contributed by atoms with E-state index in [9.17, 15) is 0 Å². The highest BCUT2D eigenvalue weighted by Crippen LogP contribution is 2.39. The zero-order chi connectivity index (χ0) is 13.1. The number of benzene rings is 1. The van der Waals surface area contributed by atoms with E-state index in [-0.39, 0.29) is 5.04 Å². The maximum Gasteiger partial charge on any atom is 0.250 e. The van der Waals surface area contributed by atoms with Crippen molar-refractivity contribution in [3.05, 3.63) is 41.4 Å². The van der Waals surface area contributed by atoms with Crippen molar-refractivity contribution in [2.75, 3.05) is 0 Å². The monoisotopic (exact) mass is 268 g/mol. The molecule has 0 atom stereocenters. The summed E-state index contributed by atoms with van der Waals surface area (Å²) in [6.07, 6.45) is 0. The van der Waals surface area contributed by atoms with Crippen LogP contribution in [0.2, 0.25) is 18.1 Å². The Morgan fingerprint density at radius 3 is 2.12 bits per heavy atom. The van der Waals surface area contributed by atoms with Gasteiger partial charge in [0.05, 0.1) is 0 Å². The standard InChI is InChI=1S/C14H21ClOSi/c1-14(2,3)17(4,5)16-13(11-15)12-9-7-6-8-10-12/h6-11H,1-5H3/b13-11-. The molecule has 0 spiro atoms. The summed E-state index contributed by atoms with van der Waals surface area (Å²) in [7, 11) is -1.82. The zero-order valence-corrected chi connectivity index (χ0v) is 13.0. The average Bonchev–Trinajstić information content (AvgIpc) is 2.25. The van der Waals surface area contributed by atoms with Crippen molar-refractivity contribution in [1.29, 1.82) is 0 Å². The summed E-state index contributed by atoms with van der Waals surface area (Å²) in [6.45, 7) is 11.1. The van der Waals surface area contributed by atoms with Gasteiger partial charge in [0.15, 0.2) is 0 Å². The lowest BCUT2D eigenvalue weighted by molar-refractivity contribution is 0.458. The topological polar surface area (TPSA) is 9.23 Å². The van der Waals surface area contributed by atoms with Crippen LogP contribution in [0.3, 0.4) is 0 Å². The number of hydrogen-bond donors (Lipinski definition) is 0. The van der Waals surface area contributed by atoms with Crippen molar-refractivity contribution < 1.29 is 4.43 Å². The van der Waals surface area contributed by atoms with Crippen molar-refractivity contribution in [1.82, 2.24) is 0 Å². The van der Waals surface area contributed by atoms with Gasteiger partial charge in [-0.05, 0) is 18.1 Å². The Bertz CT molecular complexity index is 390. The molecule has 0 saturated carbocycles. The molecule has 0 aliphatic heterocycles. The third kappa shape index (κ3) is 3.61. The summed E-state index contributed by atoms with van der Waals surface area (Å²) >= 11 is 5.89. The van der Waals surface area contributed by atoms with Crippen LogP contribution in [0.5, 0.6) is 0 Å². The number of halogens is 1. The smallest absolute Gasteiger partial charge is 0.250 e. The highest BCUT2D eigenvalue weighted by molar-refractivity contribution is 6.74. The van der Waals surface area contributed by atoms with E-state index in [4.69, 9.17) is 16.0 Å². The number of rotatable bonds is 3. The SMILES string of the molecule is CC(C)(C)[Si](C)(C)O/C(=C\Cl)c1ccccc1. The van der Waals surface area contributed by atoms with Gasteiger partial charge in [-0.25, -0.2) is 0 Å². The second-order valence-electron chi connectivity index (χ2n) is 5.70. The Hall–Kier alpha value is -0.733. The molecule has 0 N–H and O–H groups in total. The van der Waals surface area contributed by atoms with E-state index in [1.807, 2.05) is 30.3 Å². The molecular weight excluding hydrogens is 248 g/mol. The van der Waals surface area contributed by atoms with Crippen molar-refractivity contribution >= 4 is 25.7 Å². The minimum absolute atomic E-state index is 0.174. The third-order valence-electron chi connectivity index (χ3n) is 3.33. The predicted octanol–water partition coefficient (Wildman–Crippen LogP) is 5.25. The van der Waals surface area contributed by atoms with Crippen LogP contribution < -0.4 is 0 Å². The summed E-state index contributed by atoms with van der Waals surface area (Å²) < 4.78 is 6.21. The summed E-state index contributed by atoms with van der Waals surface area (Å²) in [5, 5.41) is 0.174. The molecule has 0 aliphatic rings. The Morgan fingerprint density at radius 1 is 1.18 bits per heavy atom. The molecule has 1 aromatic carbocycles. The maximum absolute atomic E-state index is 6.21. The molecule has 0 aliphatic carbocycles. The van der Waals surface area contributed by atoms with Gasteiger partial charge in [0.25, 0.3) is 8.32 Å². The molecule has 0 unspecified atom stereocenters. The van der Waals surface area contributed by atoms with Crippen molar-refractivity contribution in [2.45, 2.75) is 38.9 Å². The molecule has 0 radical (unpaired) electrons. The molecule has 0 heterocycles. The fraction of sp³-hybridized carbons (Fsp3) is 0.429. The lowest BCUT2D eigenvalue weighted by atomic mass is 10.2. The van der Waals surface area contributed by atoms with E-state index in [1.54, 1.807) is 0 Å². The van der Waals surface area contributed by atoms with Crippen LogP contribution in [0.15, 0.2) is 35.9 Å². The molecule has 0 bridgehead atoms. The van der Waals surface area contributed by atoms with Crippen molar-refractivity contribution in [3.63, 3.8) is 0 Å². The molecule has 94 valence electrons. The summed E-state index contributed by atoms with van der Waals surface area (Å²) in [5.41, 5.74) is 2.57. The highest BCUT2D eigenvalue weighted by atomic mass is 35.5. The first-order chi connectivity index (χ1) is 7.78. The fourth-order valence-electron chi connectivity index (χ4n) is 1.17. The summed E-state index contributed by atoms with van der Waals surface area (Å²) in [6, 6.07) is 10.00. The van der Waals surface area contributed by atoms with E-state index in [0.717, 1.165) is 11.3 Å². The average molecular weight is 269 g/mol. The molecule has 3 heteroatoms. The lowest BCUT2D eigenvalue weighted by Crippen LogP contribution is -2.40. The first-order valence-corrected chi connectivity index (χ1v) is 9.17. The van der Waals surface area contributed by atoms with E-state index in [2.05, 4.69) is 33.9 Å². The van der Waals surface area contributed by atoms with Gasteiger partial charge < -0.3 is 4.43 Å². The Balaban J connectivity index is 2.94. The summed E-state index contributed by atoms with van der Waals surface area (Å²) in [5.74, 6) is 0.777. The van der Waals surface area contributed by atoms with Gasteiger partial charge in [-0.3, -0.25) is 0 Å². The second kappa shape index (κ2) is 5.28. The second-order valence-corrected chi connectivity index (χ2v) is 10.6. The van der Waals surface area contributed by atoms with Crippen molar-refractivity contribution in [2.24, 2.45) is 0 Å². The van der Waals surface area contributed by atoms with Gasteiger partial charge in [0.2, 0.25) is 0 Å². The van der Waals surface area contributed by atoms with Gasteiger partial charge in [-0.1, -0.05) is 62.7 Å². The van der Waals surface area contributed by atoms with Gasteiger partial charge in [-0.15, -0.1) is 0 Å². The van der Waals surface area contributed by atoms with E-state index in [1.165, 1.54) is 5.54 Å². The van der Waals surface area contributed by atoms with Crippen LogP contribution in [0.4, 0.5) is 0 Å². The van der Waals surface area contributed by atoms with E-state index >= 15 is 0 Å². The van der Waals surface area contributed by atoms with Gasteiger partial charge in [0.1, 0.15) is 5.76 Å². The molecule has 1 rings (SSSR count). The van der Waals surface area contributed by atoms with Crippen molar-refractivity contribution in [3.8, 4) is 0 Å². The van der Waals surface area contributed by atoms with Crippen LogP contribution in [0, 0.1) is 0 Å². The first-order valence-electron chi connectivity index (χ1n) is 5.83. The minimum atomic E-state index is -1.82. The Kier molecular flexibility index (Phi) is 4.45. The zero-order valence-electron chi connectivity index (χ0n) is 11.3. The molecule has 1 nitrogen and oxygen atoms in total. The minimum Gasteiger partial charge on any atom is -0.543 e. The summed E-state index contributed by atoms with van der Waals surface area (Å²) in [4.78, 5) is 0. The fourth-order valence-corrected chi connectivity index (χ4v) is 2.45. The Morgan fingerprint density at radius 2 is 1.71 bits per heavy atom. The van der Waals surface area contributed by atoms with Gasteiger partial charge in [-0.2, -0.15) is 0 Å². The quantitative estimate of drug-likeness (QED) is 0.538. The molecular formula is C14H21ClOSi. The third-order valence-corrected chi connectivity index (χ3v) is 7.87. The van der Waals surface area contributed by atoms with Gasteiger partial charge >= 0.3 is 0 Å². The van der Waals surface area contributed by atoms with Crippen LogP contribution in [0.25, 0.3) is 5.76 Å². The highest BCUT2D eigenvalue weighted by Gasteiger charge is 2.39. The maximum atomic E-state index is 6.21. The normalized spacial score (nSPS) is 13.6. The number of hydrogen-bond acceptors (Lipinski definition) is 1. The lowest BCUT2D eigenvalue weighted by Gasteiger charge is -2.37. The molecule has 1 aromatic rings. The van der Waals surface area contributed by atoms with Gasteiger partial charge in [0, 0.05) is 11.1 Å². The molecule has 17 heavy (non-hydrogen) atoms. The van der Waals surface area contributed by atoms with Crippen LogP contribution in [-0.4, -0.2) is 8.32 Å². The Labute approximate surface area is 111 Å². The van der Waals surface area contributed by atoms with Crippen LogP contribution in [-0.2, 0) is 4.43 Å². The first kappa shape index (κ1) is 14.3. The molecule has 0 saturated heterocycles. The molecule has 0 amide bonds. The van der Waals surface area contributed by atoms with Crippen LogP contribution >= 0.6 is 11.6 Å². The molecule has 0 fully saturated rings. The predicted molar refractivity (Wildman–Crippen MR) is 78.6 cm³/mol. The van der Waals surface area contributed by atoms with Crippen LogP contribution in [0.1, 0.15) is 26.3 Å².